The fourth-order valence-electron chi connectivity index (χ4n) is 4.18. The first-order valence-corrected chi connectivity index (χ1v) is 10.6. The van der Waals surface area contributed by atoms with Gasteiger partial charge in [0.05, 0.1) is 26.2 Å². The molecule has 1 N–H and O–H groups in total. The molecular weight excluding hydrogens is 417 g/mol. The molecule has 0 bridgehead atoms. The number of aliphatic hydroxyl groups excluding tert-OH is 1. The predicted octanol–water partition coefficient (Wildman–Crippen LogP) is 4.57. The van der Waals surface area contributed by atoms with Gasteiger partial charge in [0.15, 0.2) is 0 Å². The summed E-state index contributed by atoms with van der Waals surface area (Å²) in [6, 6.07) is 10.0. The van der Waals surface area contributed by atoms with E-state index in [1.165, 1.54) is 29.8 Å². The SMILES string of the molecule is COc1ccc(OC)c2c1CN(c1ncnc3scc(-c4ccc(F)cc4)c13)CC2O. The minimum atomic E-state index is -0.772. The number of fused-ring (bicyclic) bond motifs is 2. The first-order chi connectivity index (χ1) is 15.1. The Kier molecular flexibility index (Phi) is 4.95. The second kappa shape index (κ2) is 7.79. The number of thiophene rings is 1. The zero-order chi connectivity index (χ0) is 21.5. The van der Waals surface area contributed by atoms with E-state index >= 15 is 0 Å². The second-order valence-electron chi connectivity index (χ2n) is 7.29. The van der Waals surface area contributed by atoms with Crippen LogP contribution in [-0.2, 0) is 6.54 Å². The summed E-state index contributed by atoms with van der Waals surface area (Å²) < 4.78 is 24.5. The molecule has 0 amide bonds. The van der Waals surface area contributed by atoms with Crippen LogP contribution >= 0.6 is 11.3 Å². The van der Waals surface area contributed by atoms with Gasteiger partial charge in [-0.15, -0.1) is 11.3 Å². The van der Waals surface area contributed by atoms with E-state index in [1.54, 1.807) is 26.4 Å². The molecule has 158 valence electrons. The van der Waals surface area contributed by atoms with E-state index < -0.39 is 6.10 Å². The van der Waals surface area contributed by atoms with Crippen molar-refractivity contribution in [2.75, 3.05) is 25.7 Å². The minimum Gasteiger partial charge on any atom is -0.496 e. The van der Waals surface area contributed by atoms with Gasteiger partial charge in [0.2, 0.25) is 0 Å². The van der Waals surface area contributed by atoms with Gasteiger partial charge in [0.25, 0.3) is 0 Å². The van der Waals surface area contributed by atoms with Crippen molar-refractivity contribution < 1.29 is 19.0 Å². The molecule has 0 aliphatic carbocycles. The van der Waals surface area contributed by atoms with Crippen molar-refractivity contribution >= 4 is 27.4 Å². The van der Waals surface area contributed by atoms with Crippen LogP contribution in [0.2, 0.25) is 0 Å². The van der Waals surface area contributed by atoms with Crippen molar-refractivity contribution in [2.45, 2.75) is 12.6 Å². The molecule has 8 heteroatoms. The van der Waals surface area contributed by atoms with Gasteiger partial charge >= 0.3 is 0 Å². The van der Waals surface area contributed by atoms with E-state index in [4.69, 9.17) is 9.47 Å². The Morgan fingerprint density at radius 3 is 2.55 bits per heavy atom. The van der Waals surface area contributed by atoms with E-state index in [1.807, 2.05) is 22.4 Å². The monoisotopic (exact) mass is 437 g/mol. The number of hydrogen-bond acceptors (Lipinski definition) is 7. The largest absolute Gasteiger partial charge is 0.496 e. The van der Waals surface area contributed by atoms with Crippen LogP contribution in [0.1, 0.15) is 17.2 Å². The van der Waals surface area contributed by atoms with Gasteiger partial charge in [-0.05, 0) is 29.8 Å². The summed E-state index contributed by atoms with van der Waals surface area (Å²) >= 11 is 1.51. The molecule has 3 heterocycles. The lowest BCUT2D eigenvalue weighted by Gasteiger charge is -2.35. The fraction of sp³-hybridized carbons (Fsp3) is 0.217. The third kappa shape index (κ3) is 3.28. The predicted molar refractivity (Wildman–Crippen MR) is 118 cm³/mol. The summed E-state index contributed by atoms with van der Waals surface area (Å²) in [5, 5.41) is 13.9. The number of aliphatic hydroxyl groups is 1. The van der Waals surface area contributed by atoms with Crippen LogP contribution in [-0.4, -0.2) is 35.8 Å². The molecule has 1 unspecified atom stereocenters. The van der Waals surface area contributed by atoms with Gasteiger partial charge in [-0.1, -0.05) is 12.1 Å². The van der Waals surface area contributed by atoms with Crippen molar-refractivity contribution in [1.82, 2.24) is 9.97 Å². The summed E-state index contributed by atoms with van der Waals surface area (Å²) in [5.41, 5.74) is 3.44. The molecule has 1 aliphatic rings. The van der Waals surface area contributed by atoms with Gasteiger partial charge in [0, 0.05) is 28.6 Å². The van der Waals surface area contributed by atoms with E-state index in [-0.39, 0.29) is 5.82 Å². The topological polar surface area (TPSA) is 67.7 Å². The van der Waals surface area contributed by atoms with Crippen LogP contribution in [0.25, 0.3) is 21.3 Å². The molecule has 0 spiro atoms. The Labute approximate surface area is 182 Å². The zero-order valence-electron chi connectivity index (χ0n) is 17.0. The molecule has 2 aromatic heterocycles. The Morgan fingerprint density at radius 1 is 1.06 bits per heavy atom. The number of hydrogen-bond donors (Lipinski definition) is 1. The highest BCUT2D eigenvalue weighted by Crippen LogP contribution is 2.43. The summed E-state index contributed by atoms with van der Waals surface area (Å²) in [5.74, 6) is 1.77. The number of ether oxygens (including phenoxy) is 2. The molecule has 0 saturated heterocycles. The lowest BCUT2D eigenvalue weighted by Crippen LogP contribution is -2.35. The van der Waals surface area contributed by atoms with E-state index in [2.05, 4.69) is 9.97 Å². The molecule has 1 aliphatic heterocycles. The average Bonchev–Trinajstić information content (AvgIpc) is 3.23. The Morgan fingerprint density at radius 2 is 1.81 bits per heavy atom. The number of methoxy groups -OCH3 is 2. The van der Waals surface area contributed by atoms with Crippen LogP contribution < -0.4 is 14.4 Å². The van der Waals surface area contributed by atoms with Crippen molar-refractivity contribution in [3.05, 3.63) is 65.0 Å². The quantitative estimate of drug-likeness (QED) is 0.505. The Hall–Kier alpha value is -3.23. The molecule has 0 radical (unpaired) electrons. The standard InChI is InChI=1S/C23H20FN3O3S/c1-29-18-7-8-19(30-2)20-15(18)9-27(10-17(20)28)22-21-16(11-31-23(21)26-12-25-22)13-3-5-14(24)6-4-13/h3-8,11-12,17,28H,9-10H2,1-2H3. The smallest absolute Gasteiger partial charge is 0.141 e. The molecule has 5 rings (SSSR count). The normalized spacial score (nSPS) is 15.7. The third-order valence-electron chi connectivity index (χ3n) is 5.59. The molecule has 1 atom stereocenters. The van der Waals surface area contributed by atoms with Crippen LogP contribution in [0.15, 0.2) is 48.1 Å². The highest BCUT2D eigenvalue weighted by molar-refractivity contribution is 7.17. The van der Waals surface area contributed by atoms with Crippen molar-refractivity contribution in [1.29, 1.82) is 0 Å². The number of nitrogens with zero attached hydrogens (tertiary/aromatic N) is 3. The van der Waals surface area contributed by atoms with Crippen LogP contribution in [0, 0.1) is 5.82 Å². The Bertz CT molecular complexity index is 1260. The molecule has 0 fully saturated rings. The molecule has 6 nitrogen and oxygen atoms in total. The molecular formula is C23H20FN3O3S. The number of aromatic nitrogens is 2. The number of anilines is 1. The molecule has 2 aromatic carbocycles. The first kappa shape index (κ1) is 19.7. The van der Waals surface area contributed by atoms with Crippen LogP contribution in [0.3, 0.4) is 0 Å². The van der Waals surface area contributed by atoms with Gasteiger partial charge in [-0.25, -0.2) is 14.4 Å². The number of rotatable bonds is 4. The molecule has 0 saturated carbocycles. The first-order valence-electron chi connectivity index (χ1n) is 9.75. The van der Waals surface area contributed by atoms with Gasteiger partial charge in [-0.3, -0.25) is 0 Å². The van der Waals surface area contributed by atoms with Crippen LogP contribution in [0.5, 0.6) is 11.5 Å². The molecule has 4 aromatic rings. The van der Waals surface area contributed by atoms with E-state index in [9.17, 15) is 9.50 Å². The maximum absolute atomic E-state index is 13.4. The van der Waals surface area contributed by atoms with E-state index in [0.717, 1.165) is 38.3 Å². The van der Waals surface area contributed by atoms with Gasteiger partial charge in [0.1, 0.15) is 40.4 Å². The maximum atomic E-state index is 13.4. The lowest BCUT2D eigenvalue weighted by atomic mass is 9.94. The second-order valence-corrected chi connectivity index (χ2v) is 8.15. The van der Waals surface area contributed by atoms with Gasteiger partial charge in [-0.2, -0.15) is 0 Å². The highest BCUT2D eigenvalue weighted by atomic mass is 32.1. The lowest BCUT2D eigenvalue weighted by molar-refractivity contribution is 0.169. The summed E-state index contributed by atoms with van der Waals surface area (Å²) in [7, 11) is 3.21. The van der Waals surface area contributed by atoms with Gasteiger partial charge < -0.3 is 19.5 Å². The number of benzene rings is 2. The fourth-order valence-corrected chi connectivity index (χ4v) is 5.09. The third-order valence-corrected chi connectivity index (χ3v) is 6.48. The Balaban J connectivity index is 1.64. The van der Waals surface area contributed by atoms with Crippen molar-refractivity contribution in [3.63, 3.8) is 0 Å². The van der Waals surface area contributed by atoms with Crippen molar-refractivity contribution in [3.8, 4) is 22.6 Å². The zero-order valence-corrected chi connectivity index (χ0v) is 17.8. The summed E-state index contributed by atoms with van der Waals surface area (Å²) in [6.07, 6.45) is 0.763. The molecule has 31 heavy (non-hydrogen) atoms. The number of halogens is 1. The summed E-state index contributed by atoms with van der Waals surface area (Å²) in [4.78, 5) is 11.9. The minimum absolute atomic E-state index is 0.281. The van der Waals surface area contributed by atoms with Crippen molar-refractivity contribution in [2.24, 2.45) is 0 Å². The number of β-amino-alcohol motifs (C(OH)–C–C–N with tert-alkyl or cyclic N) is 1. The van der Waals surface area contributed by atoms with Crippen LogP contribution in [0.4, 0.5) is 10.2 Å². The summed E-state index contributed by atoms with van der Waals surface area (Å²) in [6.45, 7) is 0.846. The highest BCUT2D eigenvalue weighted by Gasteiger charge is 2.31. The average molecular weight is 437 g/mol. The maximum Gasteiger partial charge on any atom is 0.141 e. The van der Waals surface area contributed by atoms with E-state index in [0.29, 0.717) is 24.6 Å².